The van der Waals surface area contributed by atoms with E-state index in [0.29, 0.717) is 26.3 Å². The lowest BCUT2D eigenvalue weighted by Gasteiger charge is -2.22. The number of amides is 1. The van der Waals surface area contributed by atoms with Crippen molar-refractivity contribution in [2.75, 3.05) is 46.0 Å². The van der Waals surface area contributed by atoms with E-state index < -0.39 is 5.41 Å². The molecule has 0 saturated carbocycles. The second-order valence-corrected chi connectivity index (χ2v) is 6.93. The molecule has 1 heterocycles. The van der Waals surface area contributed by atoms with E-state index in [-0.39, 0.29) is 36.0 Å². The average molecular weight is 484 g/mol. The number of carbonyl (C=O) groups is 1. The minimum atomic E-state index is -0.525. The van der Waals surface area contributed by atoms with Crippen LogP contribution in [0.5, 0.6) is 0 Å². The van der Waals surface area contributed by atoms with Crippen LogP contribution in [0.4, 0.5) is 0 Å². The average Bonchev–Trinajstić information content (AvgIpc) is 3.09. The van der Waals surface area contributed by atoms with E-state index >= 15 is 0 Å². The van der Waals surface area contributed by atoms with Crippen LogP contribution >= 0.6 is 24.0 Å². The summed E-state index contributed by atoms with van der Waals surface area (Å²) in [5, 5.41) is 9.35. The van der Waals surface area contributed by atoms with Crippen molar-refractivity contribution in [2.24, 2.45) is 10.4 Å². The molecular weight excluding hydrogens is 447 g/mol. The number of rotatable bonds is 11. The molecule has 1 unspecified atom stereocenters. The van der Waals surface area contributed by atoms with Crippen LogP contribution in [-0.2, 0) is 14.3 Å². The minimum Gasteiger partial charge on any atom is -0.379 e. The first-order valence-electron chi connectivity index (χ1n) is 9.49. The number of nitrogens with one attached hydrogen (secondary N) is 3. The van der Waals surface area contributed by atoms with Gasteiger partial charge in [0.05, 0.1) is 24.7 Å². The van der Waals surface area contributed by atoms with Crippen LogP contribution in [0.3, 0.4) is 0 Å². The van der Waals surface area contributed by atoms with E-state index in [1.807, 2.05) is 27.7 Å². The number of guanidine groups is 1. The van der Waals surface area contributed by atoms with Crippen LogP contribution in [0.15, 0.2) is 4.99 Å². The van der Waals surface area contributed by atoms with Gasteiger partial charge >= 0.3 is 0 Å². The second-order valence-electron chi connectivity index (χ2n) is 6.93. The lowest BCUT2D eigenvalue weighted by Crippen LogP contribution is -2.42. The number of halogens is 1. The molecule has 1 amide bonds. The van der Waals surface area contributed by atoms with E-state index in [9.17, 15) is 4.79 Å². The van der Waals surface area contributed by atoms with Crippen LogP contribution in [0.1, 0.15) is 47.0 Å². The molecular formula is C18H37IN4O3. The monoisotopic (exact) mass is 484 g/mol. The largest absolute Gasteiger partial charge is 0.379 e. The van der Waals surface area contributed by atoms with Crippen LogP contribution in [0, 0.1) is 5.41 Å². The molecule has 8 heteroatoms. The van der Waals surface area contributed by atoms with Crippen LogP contribution < -0.4 is 16.0 Å². The van der Waals surface area contributed by atoms with Gasteiger partial charge in [-0.3, -0.25) is 9.79 Å². The van der Waals surface area contributed by atoms with Gasteiger partial charge in [-0.1, -0.05) is 0 Å². The van der Waals surface area contributed by atoms with Crippen molar-refractivity contribution >= 4 is 35.8 Å². The van der Waals surface area contributed by atoms with Gasteiger partial charge in [0.15, 0.2) is 5.96 Å². The fourth-order valence-corrected chi connectivity index (χ4v) is 2.46. The fourth-order valence-electron chi connectivity index (χ4n) is 2.46. The number of nitrogens with zero attached hydrogens (tertiary/aromatic N) is 1. The first kappa shape index (κ1) is 25.4. The summed E-state index contributed by atoms with van der Waals surface area (Å²) in [5.74, 6) is 0.760. The first-order valence-corrected chi connectivity index (χ1v) is 9.49. The van der Waals surface area contributed by atoms with Gasteiger partial charge in [-0.25, -0.2) is 0 Å². The summed E-state index contributed by atoms with van der Waals surface area (Å²) in [4.78, 5) is 16.6. The van der Waals surface area contributed by atoms with Crippen LogP contribution in [0.2, 0.25) is 0 Å². The molecule has 0 radical (unpaired) electrons. The Kier molecular flexibility index (Phi) is 14.1. The highest BCUT2D eigenvalue weighted by molar-refractivity contribution is 14.0. The van der Waals surface area contributed by atoms with Gasteiger partial charge in [0.1, 0.15) is 0 Å². The lowest BCUT2D eigenvalue weighted by molar-refractivity contribution is -0.128. The van der Waals surface area contributed by atoms with Crippen molar-refractivity contribution in [3.05, 3.63) is 0 Å². The standard InChI is InChI=1S/C18H36N4O3.HI/c1-5-19-16(23)18(3,4)14-22-17(20-6-2)21-10-8-11-24-13-15-9-7-12-25-15;/h15H,5-14H2,1-4H3,(H,19,23)(H2,20,21,22);1H. The molecule has 1 aliphatic heterocycles. The molecule has 0 spiro atoms. The third-order valence-electron chi connectivity index (χ3n) is 4.01. The number of aliphatic imine (C=N–C) groups is 1. The van der Waals surface area contributed by atoms with E-state index in [1.54, 1.807) is 0 Å². The minimum absolute atomic E-state index is 0. The molecule has 26 heavy (non-hydrogen) atoms. The second kappa shape index (κ2) is 14.4. The van der Waals surface area contributed by atoms with Crippen molar-refractivity contribution in [1.29, 1.82) is 0 Å². The fraction of sp³-hybridized carbons (Fsp3) is 0.889. The predicted octanol–water partition coefficient (Wildman–Crippen LogP) is 1.91. The first-order chi connectivity index (χ1) is 12.0. The molecule has 7 nitrogen and oxygen atoms in total. The van der Waals surface area contributed by atoms with Gasteiger partial charge in [0, 0.05) is 32.8 Å². The summed E-state index contributed by atoms with van der Waals surface area (Å²) < 4.78 is 11.2. The normalized spacial score (nSPS) is 17.5. The maximum Gasteiger partial charge on any atom is 0.227 e. The van der Waals surface area contributed by atoms with E-state index in [1.165, 1.54) is 0 Å². The van der Waals surface area contributed by atoms with Gasteiger partial charge in [0.2, 0.25) is 5.91 Å². The summed E-state index contributed by atoms with van der Waals surface area (Å²) in [6.45, 7) is 12.6. The maximum atomic E-state index is 12.0. The van der Waals surface area contributed by atoms with Gasteiger partial charge in [0.25, 0.3) is 0 Å². The van der Waals surface area contributed by atoms with Gasteiger partial charge in [-0.15, -0.1) is 24.0 Å². The van der Waals surface area contributed by atoms with Gasteiger partial charge in [-0.2, -0.15) is 0 Å². The molecule has 0 aromatic heterocycles. The highest BCUT2D eigenvalue weighted by Crippen LogP contribution is 2.15. The smallest absolute Gasteiger partial charge is 0.227 e. The summed E-state index contributed by atoms with van der Waals surface area (Å²) in [6.07, 6.45) is 3.43. The molecule has 1 saturated heterocycles. The summed E-state index contributed by atoms with van der Waals surface area (Å²) in [6, 6.07) is 0. The van der Waals surface area contributed by atoms with Crippen LogP contribution in [-0.4, -0.2) is 64.0 Å². The highest BCUT2D eigenvalue weighted by atomic mass is 127. The molecule has 3 N–H and O–H groups in total. The third kappa shape index (κ3) is 10.5. The number of ether oxygens (including phenoxy) is 2. The van der Waals surface area contributed by atoms with Crippen molar-refractivity contribution < 1.29 is 14.3 Å². The zero-order chi connectivity index (χ0) is 18.5. The number of carbonyl (C=O) groups excluding carboxylic acids is 1. The molecule has 154 valence electrons. The maximum absolute atomic E-state index is 12.0. The van der Waals surface area contributed by atoms with Crippen molar-refractivity contribution in [3.8, 4) is 0 Å². The summed E-state index contributed by atoms with van der Waals surface area (Å²) in [5.41, 5.74) is -0.525. The Bertz CT molecular complexity index is 413. The molecule has 0 aromatic carbocycles. The Hall–Kier alpha value is -0.610. The quantitative estimate of drug-likeness (QED) is 0.181. The Morgan fingerprint density at radius 1 is 1.23 bits per heavy atom. The predicted molar refractivity (Wildman–Crippen MR) is 116 cm³/mol. The van der Waals surface area contributed by atoms with Crippen molar-refractivity contribution in [1.82, 2.24) is 16.0 Å². The molecule has 1 aliphatic rings. The number of hydrogen-bond donors (Lipinski definition) is 3. The van der Waals surface area contributed by atoms with E-state index in [0.717, 1.165) is 44.9 Å². The van der Waals surface area contributed by atoms with Gasteiger partial charge < -0.3 is 25.4 Å². The Morgan fingerprint density at radius 3 is 2.58 bits per heavy atom. The van der Waals surface area contributed by atoms with Crippen molar-refractivity contribution in [2.45, 2.75) is 53.1 Å². The van der Waals surface area contributed by atoms with Crippen molar-refractivity contribution in [3.63, 3.8) is 0 Å². The molecule has 0 aromatic rings. The Morgan fingerprint density at radius 2 is 1.96 bits per heavy atom. The van der Waals surface area contributed by atoms with E-state index in [2.05, 4.69) is 20.9 Å². The Labute approximate surface area is 175 Å². The zero-order valence-corrected chi connectivity index (χ0v) is 19.1. The molecule has 1 rings (SSSR count). The molecule has 0 bridgehead atoms. The molecule has 0 aliphatic carbocycles. The zero-order valence-electron chi connectivity index (χ0n) is 16.7. The summed E-state index contributed by atoms with van der Waals surface area (Å²) >= 11 is 0. The highest BCUT2D eigenvalue weighted by Gasteiger charge is 2.26. The van der Waals surface area contributed by atoms with E-state index in [4.69, 9.17) is 9.47 Å². The summed E-state index contributed by atoms with van der Waals surface area (Å²) in [7, 11) is 0. The molecule has 1 atom stereocenters. The SMILES string of the molecule is CCNC(=O)C(C)(C)CN=C(NCC)NCCCOCC1CCCO1.I. The topological polar surface area (TPSA) is 84.0 Å². The number of hydrogen-bond acceptors (Lipinski definition) is 4. The third-order valence-corrected chi connectivity index (χ3v) is 4.01. The Balaban J connectivity index is 0.00000625. The lowest BCUT2D eigenvalue weighted by atomic mass is 9.92. The van der Waals surface area contributed by atoms with Gasteiger partial charge in [-0.05, 0) is 47.0 Å². The molecule has 1 fully saturated rings. The van der Waals surface area contributed by atoms with Crippen LogP contribution in [0.25, 0.3) is 0 Å².